The number of benzene rings is 2. The lowest BCUT2D eigenvalue weighted by Crippen LogP contribution is -2.29. The largest absolute Gasteiger partial charge is 0.453 e. The number of rotatable bonds is 8. The van der Waals surface area contributed by atoms with Gasteiger partial charge in [0, 0.05) is 41.8 Å². The number of hydrogen-bond donors (Lipinski definition) is 3. The van der Waals surface area contributed by atoms with Crippen LogP contribution >= 0.6 is 0 Å². The van der Waals surface area contributed by atoms with Gasteiger partial charge in [-0.05, 0) is 55.7 Å². The number of fused-ring (bicyclic) bond motifs is 1. The maximum atomic E-state index is 12.3. The van der Waals surface area contributed by atoms with Crippen molar-refractivity contribution >= 4 is 40.1 Å². The molecule has 2 aromatic carbocycles. The second-order valence-corrected chi connectivity index (χ2v) is 7.09. The number of aromatic nitrogens is 1. The van der Waals surface area contributed by atoms with E-state index in [0.29, 0.717) is 17.8 Å². The van der Waals surface area contributed by atoms with Crippen molar-refractivity contribution in [2.75, 3.05) is 10.6 Å². The molecule has 0 radical (unpaired) electrons. The average Bonchev–Trinajstić information content (AvgIpc) is 3.12. The Morgan fingerprint density at radius 3 is 2.37 bits per heavy atom. The third-order valence-electron chi connectivity index (χ3n) is 4.65. The van der Waals surface area contributed by atoms with Crippen molar-refractivity contribution in [2.24, 2.45) is 0 Å². The molecule has 0 spiro atoms. The molecule has 0 aliphatic carbocycles. The van der Waals surface area contributed by atoms with Gasteiger partial charge in [0.15, 0.2) is 6.10 Å². The summed E-state index contributed by atoms with van der Waals surface area (Å²) < 4.78 is 5.25. The first-order valence-electron chi connectivity index (χ1n) is 9.85. The SMILES string of the molecule is CC(=O)Nc1ccc(NC(=O)[C@H](C)OC(=O)CCCc2c[nH]c3ccccc23)cc1. The minimum absolute atomic E-state index is 0.169. The molecule has 3 rings (SSSR count). The fraction of sp³-hybridized carbons (Fsp3) is 0.261. The van der Waals surface area contributed by atoms with Crippen LogP contribution in [-0.2, 0) is 25.5 Å². The molecule has 1 aromatic heterocycles. The van der Waals surface area contributed by atoms with Crippen LogP contribution in [0.1, 0.15) is 32.3 Å². The van der Waals surface area contributed by atoms with E-state index in [9.17, 15) is 14.4 Å². The Morgan fingerprint density at radius 1 is 1.00 bits per heavy atom. The van der Waals surface area contributed by atoms with Gasteiger partial charge >= 0.3 is 5.97 Å². The predicted octanol–water partition coefficient (Wildman–Crippen LogP) is 4.02. The van der Waals surface area contributed by atoms with Crippen LogP contribution < -0.4 is 10.6 Å². The summed E-state index contributed by atoms with van der Waals surface area (Å²) in [6.07, 6.45) is 2.69. The fourth-order valence-corrected chi connectivity index (χ4v) is 3.16. The normalized spacial score (nSPS) is 11.7. The van der Waals surface area contributed by atoms with Gasteiger partial charge in [-0.3, -0.25) is 14.4 Å². The van der Waals surface area contributed by atoms with Crippen LogP contribution in [0, 0.1) is 0 Å². The number of hydrogen-bond acceptors (Lipinski definition) is 4. The molecule has 0 saturated heterocycles. The van der Waals surface area contributed by atoms with Crippen molar-refractivity contribution in [1.82, 2.24) is 4.98 Å². The molecule has 2 amide bonds. The number of carbonyl (C=O) groups is 3. The third kappa shape index (κ3) is 5.70. The minimum atomic E-state index is -0.902. The van der Waals surface area contributed by atoms with Crippen molar-refractivity contribution in [2.45, 2.75) is 39.2 Å². The lowest BCUT2D eigenvalue weighted by atomic mass is 10.1. The molecule has 0 aliphatic heterocycles. The summed E-state index contributed by atoms with van der Waals surface area (Å²) in [5.41, 5.74) is 3.42. The Morgan fingerprint density at radius 2 is 1.67 bits per heavy atom. The third-order valence-corrected chi connectivity index (χ3v) is 4.65. The maximum absolute atomic E-state index is 12.3. The zero-order valence-corrected chi connectivity index (χ0v) is 17.0. The highest BCUT2D eigenvalue weighted by Crippen LogP contribution is 2.19. The first kappa shape index (κ1) is 21.1. The van der Waals surface area contributed by atoms with Gasteiger partial charge in [0.1, 0.15) is 0 Å². The second-order valence-electron chi connectivity index (χ2n) is 7.09. The lowest BCUT2D eigenvalue weighted by molar-refractivity contribution is -0.153. The molecule has 156 valence electrons. The molecule has 7 heteroatoms. The monoisotopic (exact) mass is 407 g/mol. The van der Waals surface area contributed by atoms with Crippen LogP contribution in [0.3, 0.4) is 0 Å². The van der Waals surface area contributed by atoms with E-state index in [2.05, 4.69) is 21.7 Å². The Kier molecular flexibility index (Phi) is 6.85. The molecule has 3 aromatic rings. The van der Waals surface area contributed by atoms with Crippen LogP contribution in [0.25, 0.3) is 10.9 Å². The second kappa shape index (κ2) is 9.73. The highest BCUT2D eigenvalue weighted by atomic mass is 16.5. The van der Waals surface area contributed by atoms with E-state index in [1.807, 2.05) is 24.4 Å². The fourth-order valence-electron chi connectivity index (χ4n) is 3.16. The van der Waals surface area contributed by atoms with E-state index in [1.54, 1.807) is 31.2 Å². The average molecular weight is 407 g/mol. The minimum Gasteiger partial charge on any atom is -0.453 e. The number of ether oxygens (including phenoxy) is 1. The molecule has 7 nitrogen and oxygen atoms in total. The lowest BCUT2D eigenvalue weighted by Gasteiger charge is -2.14. The number of esters is 1. The molecule has 0 aliphatic rings. The summed E-state index contributed by atoms with van der Waals surface area (Å²) in [4.78, 5) is 38.6. The molecule has 3 N–H and O–H groups in total. The topological polar surface area (TPSA) is 100 Å². The summed E-state index contributed by atoms with van der Waals surface area (Å²) in [5, 5.41) is 6.50. The zero-order chi connectivity index (χ0) is 21.5. The molecule has 0 unspecified atom stereocenters. The van der Waals surface area contributed by atoms with Crippen molar-refractivity contribution in [1.29, 1.82) is 0 Å². The number of carbonyl (C=O) groups excluding carboxylic acids is 3. The number of aromatic amines is 1. The number of para-hydroxylation sites is 1. The summed E-state index contributed by atoms with van der Waals surface area (Å²) in [5.74, 6) is -0.984. The van der Waals surface area contributed by atoms with Crippen LogP contribution in [0.2, 0.25) is 0 Å². The maximum Gasteiger partial charge on any atom is 0.306 e. The van der Waals surface area contributed by atoms with E-state index < -0.39 is 18.0 Å². The van der Waals surface area contributed by atoms with E-state index in [-0.39, 0.29) is 12.3 Å². The molecular formula is C23H25N3O4. The van der Waals surface area contributed by atoms with Gasteiger partial charge in [0.05, 0.1) is 0 Å². The number of H-pyrrole nitrogens is 1. The van der Waals surface area contributed by atoms with Crippen LogP contribution in [0.4, 0.5) is 11.4 Å². The predicted molar refractivity (Wildman–Crippen MR) is 116 cm³/mol. The van der Waals surface area contributed by atoms with E-state index in [1.165, 1.54) is 6.92 Å². The summed E-state index contributed by atoms with van der Waals surface area (Å²) in [6, 6.07) is 14.7. The van der Waals surface area contributed by atoms with Crippen molar-refractivity contribution in [3.05, 3.63) is 60.3 Å². The quantitative estimate of drug-likeness (QED) is 0.491. The molecular weight excluding hydrogens is 382 g/mol. The van der Waals surface area contributed by atoms with Gasteiger partial charge in [-0.2, -0.15) is 0 Å². The molecule has 0 fully saturated rings. The first-order valence-corrected chi connectivity index (χ1v) is 9.85. The standard InChI is InChI=1S/C23H25N3O4/c1-15(23(29)26-19-12-10-18(11-13-19)25-16(2)27)30-22(28)9-5-6-17-14-24-21-8-4-3-7-20(17)21/h3-4,7-8,10-15,24H,5-6,9H2,1-2H3,(H,25,27)(H,26,29)/t15-/m0/s1. The van der Waals surface area contributed by atoms with Crippen molar-refractivity contribution < 1.29 is 19.1 Å². The Balaban J connectivity index is 1.43. The van der Waals surface area contributed by atoms with E-state index >= 15 is 0 Å². The number of amides is 2. The van der Waals surface area contributed by atoms with Crippen LogP contribution in [0.5, 0.6) is 0 Å². The Bertz CT molecular complexity index is 1040. The summed E-state index contributed by atoms with van der Waals surface area (Å²) in [6.45, 7) is 2.96. The Labute approximate surface area is 174 Å². The van der Waals surface area contributed by atoms with E-state index in [0.717, 1.165) is 22.9 Å². The van der Waals surface area contributed by atoms with Crippen molar-refractivity contribution in [3.63, 3.8) is 0 Å². The van der Waals surface area contributed by atoms with Crippen LogP contribution in [0.15, 0.2) is 54.7 Å². The molecule has 0 saturated carbocycles. The molecule has 30 heavy (non-hydrogen) atoms. The zero-order valence-electron chi connectivity index (χ0n) is 17.0. The molecule has 1 heterocycles. The first-order chi connectivity index (χ1) is 14.4. The molecule has 1 atom stereocenters. The van der Waals surface area contributed by atoms with Gasteiger partial charge in [-0.25, -0.2) is 0 Å². The summed E-state index contributed by atoms with van der Waals surface area (Å²) >= 11 is 0. The number of aryl methyl sites for hydroxylation is 1. The van der Waals surface area contributed by atoms with Crippen LogP contribution in [-0.4, -0.2) is 28.9 Å². The van der Waals surface area contributed by atoms with Gasteiger partial charge in [0.25, 0.3) is 5.91 Å². The van der Waals surface area contributed by atoms with Gasteiger partial charge in [-0.1, -0.05) is 18.2 Å². The highest BCUT2D eigenvalue weighted by molar-refractivity contribution is 5.95. The number of anilines is 2. The highest BCUT2D eigenvalue weighted by Gasteiger charge is 2.18. The summed E-state index contributed by atoms with van der Waals surface area (Å²) in [7, 11) is 0. The smallest absolute Gasteiger partial charge is 0.306 e. The molecule has 0 bridgehead atoms. The van der Waals surface area contributed by atoms with Gasteiger partial charge in [0.2, 0.25) is 5.91 Å². The van der Waals surface area contributed by atoms with E-state index in [4.69, 9.17) is 4.74 Å². The van der Waals surface area contributed by atoms with Gasteiger partial charge < -0.3 is 20.4 Å². The van der Waals surface area contributed by atoms with Gasteiger partial charge in [-0.15, -0.1) is 0 Å². The Hall–Kier alpha value is -3.61. The number of nitrogens with one attached hydrogen (secondary N) is 3. The van der Waals surface area contributed by atoms with Crippen molar-refractivity contribution in [3.8, 4) is 0 Å².